The average Bonchev–Trinajstić information content (AvgIpc) is 2.58. The summed E-state index contributed by atoms with van der Waals surface area (Å²) in [5.41, 5.74) is 1.57. The van der Waals surface area contributed by atoms with Gasteiger partial charge in [-0.1, -0.05) is 17.7 Å². The number of hydrogen-bond acceptors (Lipinski definition) is 5. The van der Waals surface area contributed by atoms with Crippen LogP contribution in [-0.4, -0.2) is 49.5 Å². The second-order valence-corrected chi connectivity index (χ2v) is 6.28. The number of carbonyl (C=O) groups excluding carboxylic acids is 3. The predicted molar refractivity (Wildman–Crippen MR) is 95.1 cm³/mol. The molecule has 2 N–H and O–H groups in total. The first-order valence-corrected chi connectivity index (χ1v) is 9.08. The van der Waals surface area contributed by atoms with Crippen LogP contribution in [0.1, 0.15) is 28.8 Å². The smallest absolute Gasteiger partial charge is 0.307 e. The third-order valence-corrected chi connectivity index (χ3v) is 4.05. The van der Waals surface area contributed by atoms with Crippen LogP contribution in [0.15, 0.2) is 24.3 Å². The molecule has 1 aromatic rings. The molecule has 0 aliphatic carbocycles. The molecule has 0 heterocycles. The highest BCUT2D eigenvalue weighted by molar-refractivity contribution is 7.98. The summed E-state index contributed by atoms with van der Waals surface area (Å²) in [4.78, 5) is 35.6. The van der Waals surface area contributed by atoms with Gasteiger partial charge >= 0.3 is 5.97 Å². The summed E-state index contributed by atoms with van der Waals surface area (Å²) in [6.45, 7) is 2.12. The van der Waals surface area contributed by atoms with Gasteiger partial charge in [0.2, 0.25) is 5.91 Å². The maximum atomic E-state index is 12.3. The average molecular weight is 352 g/mol. The number of thioether (sulfide) groups is 1. The standard InChI is InChI=1S/C17H24N2O4S/c1-12-4-6-13(7-5-12)16(21)19-14(9-11-24-3)17(22)18-10-8-15(20)23-2/h4-7,14H,8-11H2,1-3H3,(H,18,22)(H,19,21)/t14-/m0/s1. The quantitative estimate of drug-likeness (QED) is 0.659. The van der Waals surface area contributed by atoms with Crippen LogP contribution in [0.5, 0.6) is 0 Å². The summed E-state index contributed by atoms with van der Waals surface area (Å²) in [6, 6.07) is 6.52. The van der Waals surface area contributed by atoms with E-state index in [1.807, 2.05) is 25.3 Å². The van der Waals surface area contributed by atoms with Gasteiger partial charge in [-0.25, -0.2) is 0 Å². The Bertz CT molecular complexity index is 560. The van der Waals surface area contributed by atoms with Crippen LogP contribution in [0.2, 0.25) is 0 Å². The molecule has 0 aromatic heterocycles. The van der Waals surface area contributed by atoms with Crippen molar-refractivity contribution in [2.45, 2.75) is 25.8 Å². The number of methoxy groups -OCH3 is 1. The van der Waals surface area contributed by atoms with Crippen molar-refractivity contribution in [3.63, 3.8) is 0 Å². The highest BCUT2D eigenvalue weighted by Gasteiger charge is 2.21. The minimum absolute atomic E-state index is 0.101. The van der Waals surface area contributed by atoms with Gasteiger partial charge in [-0.05, 0) is 37.5 Å². The number of aryl methyl sites for hydroxylation is 1. The maximum absolute atomic E-state index is 12.3. The lowest BCUT2D eigenvalue weighted by Crippen LogP contribution is -2.47. The summed E-state index contributed by atoms with van der Waals surface area (Å²) in [5, 5.41) is 5.42. The van der Waals surface area contributed by atoms with Crippen LogP contribution >= 0.6 is 11.8 Å². The van der Waals surface area contributed by atoms with E-state index in [9.17, 15) is 14.4 Å². The van der Waals surface area contributed by atoms with Crippen LogP contribution in [0.3, 0.4) is 0 Å². The van der Waals surface area contributed by atoms with Crippen molar-refractivity contribution in [1.82, 2.24) is 10.6 Å². The topological polar surface area (TPSA) is 84.5 Å². The van der Waals surface area contributed by atoms with Crippen LogP contribution < -0.4 is 10.6 Å². The molecule has 1 aromatic carbocycles. The van der Waals surface area contributed by atoms with E-state index in [-0.39, 0.29) is 30.7 Å². The Hall–Kier alpha value is -2.02. The van der Waals surface area contributed by atoms with E-state index in [2.05, 4.69) is 15.4 Å². The lowest BCUT2D eigenvalue weighted by Gasteiger charge is -2.18. The Balaban J connectivity index is 2.62. The fraction of sp³-hybridized carbons (Fsp3) is 0.471. The molecule has 0 aliphatic rings. The van der Waals surface area contributed by atoms with Gasteiger partial charge in [0.1, 0.15) is 6.04 Å². The highest BCUT2D eigenvalue weighted by Crippen LogP contribution is 2.06. The lowest BCUT2D eigenvalue weighted by molar-refractivity contribution is -0.140. The third-order valence-electron chi connectivity index (χ3n) is 3.40. The lowest BCUT2D eigenvalue weighted by atomic mass is 10.1. The Morgan fingerprint density at radius 1 is 1.21 bits per heavy atom. The highest BCUT2D eigenvalue weighted by atomic mass is 32.2. The van der Waals surface area contributed by atoms with Crippen LogP contribution in [0.4, 0.5) is 0 Å². The van der Waals surface area contributed by atoms with Gasteiger partial charge in [-0.3, -0.25) is 14.4 Å². The molecular weight excluding hydrogens is 328 g/mol. The first kappa shape index (κ1) is 20.0. The van der Waals surface area contributed by atoms with Gasteiger partial charge in [0.05, 0.1) is 13.5 Å². The Labute approximate surface area is 146 Å². The van der Waals surface area contributed by atoms with Crippen molar-refractivity contribution in [3.8, 4) is 0 Å². The summed E-state index contributed by atoms with van der Waals surface area (Å²) >= 11 is 1.60. The minimum Gasteiger partial charge on any atom is -0.469 e. The number of esters is 1. The fourth-order valence-electron chi connectivity index (χ4n) is 1.96. The number of benzene rings is 1. The molecule has 0 saturated carbocycles. The van der Waals surface area contributed by atoms with Gasteiger partial charge < -0.3 is 15.4 Å². The summed E-state index contributed by atoms with van der Waals surface area (Å²) in [7, 11) is 1.30. The largest absolute Gasteiger partial charge is 0.469 e. The molecular formula is C17H24N2O4S. The number of hydrogen-bond donors (Lipinski definition) is 2. The molecule has 0 fully saturated rings. The van der Waals surface area contributed by atoms with E-state index < -0.39 is 6.04 Å². The molecule has 24 heavy (non-hydrogen) atoms. The molecule has 1 rings (SSSR count). The van der Waals surface area contributed by atoms with Gasteiger partial charge in [0, 0.05) is 12.1 Å². The normalized spacial score (nSPS) is 11.5. The Kier molecular flexibility index (Phi) is 8.93. The Morgan fingerprint density at radius 2 is 1.88 bits per heavy atom. The minimum atomic E-state index is -0.635. The van der Waals surface area contributed by atoms with Crippen molar-refractivity contribution >= 4 is 29.5 Å². The first-order chi connectivity index (χ1) is 11.5. The molecule has 0 unspecified atom stereocenters. The van der Waals surface area contributed by atoms with Crippen molar-refractivity contribution < 1.29 is 19.1 Å². The monoisotopic (exact) mass is 352 g/mol. The number of rotatable bonds is 9. The van der Waals surface area contributed by atoms with Crippen LogP contribution in [0.25, 0.3) is 0 Å². The molecule has 0 aliphatic heterocycles. The summed E-state index contributed by atoms with van der Waals surface area (Å²) < 4.78 is 4.53. The van der Waals surface area contributed by atoms with E-state index >= 15 is 0 Å². The first-order valence-electron chi connectivity index (χ1n) is 7.69. The number of carbonyl (C=O) groups is 3. The Morgan fingerprint density at radius 3 is 2.46 bits per heavy atom. The van der Waals surface area contributed by atoms with E-state index in [1.54, 1.807) is 23.9 Å². The van der Waals surface area contributed by atoms with Crippen molar-refractivity contribution in [2.75, 3.05) is 25.7 Å². The number of amides is 2. The van der Waals surface area contributed by atoms with Crippen LogP contribution in [0, 0.1) is 6.92 Å². The molecule has 6 nitrogen and oxygen atoms in total. The number of ether oxygens (including phenoxy) is 1. The predicted octanol–water partition coefficient (Wildman–Crippen LogP) is 1.53. The third kappa shape index (κ3) is 7.04. The summed E-state index contributed by atoms with van der Waals surface area (Å²) in [6.07, 6.45) is 2.56. The molecule has 2 amide bonds. The zero-order valence-corrected chi connectivity index (χ0v) is 15.1. The molecule has 7 heteroatoms. The zero-order valence-electron chi connectivity index (χ0n) is 14.3. The maximum Gasteiger partial charge on any atom is 0.307 e. The molecule has 0 bridgehead atoms. The zero-order chi connectivity index (χ0) is 17.9. The molecule has 0 spiro atoms. The number of nitrogens with one attached hydrogen (secondary N) is 2. The molecule has 0 radical (unpaired) electrons. The van der Waals surface area contributed by atoms with Gasteiger partial charge in [0.25, 0.3) is 5.91 Å². The fourth-order valence-corrected chi connectivity index (χ4v) is 2.44. The van der Waals surface area contributed by atoms with Crippen molar-refractivity contribution in [3.05, 3.63) is 35.4 Å². The van der Waals surface area contributed by atoms with Gasteiger partial charge in [-0.15, -0.1) is 0 Å². The van der Waals surface area contributed by atoms with Crippen LogP contribution in [-0.2, 0) is 14.3 Å². The van der Waals surface area contributed by atoms with E-state index in [0.717, 1.165) is 11.3 Å². The van der Waals surface area contributed by atoms with E-state index in [1.165, 1.54) is 7.11 Å². The summed E-state index contributed by atoms with van der Waals surface area (Å²) in [5.74, 6) is -0.235. The molecule has 132 valence electrons. The SMILES string of the molecule is COC(=O)CCNC(=O)[C@H](CCSC)NC(=O)c1ccc(C)cc1. The second kappa shape index (κ2) is 10.7. The van der Waals surface area contributed by atoms with E-state index in [0.29, 0.717) is 12.0 Å². The van der Waals surface area contributed by atoms with E-state index in [4.69, 9.17) is 0 Å². The molecule has 0 saturated heterocycles. The second-order valence-electron chi connectivity index (χ2n) is 5.29. The van der Waals surface area contributed by atoms with Gasteiger partial charge in [-0.2, -0.15) is 11.8 Å². The van der Waals surface area contributed by atoms with Crippen molar-refractivity contribution in [1.29, 1.82) is 0 Å². The molecule has 1 atom stereocenters. The van der Waals surface area contributed by atoms with Gasteiger partial charge in [0.15, 0.2) is 0 Å². The van der Waals surface area contributed by atoms with Crippen molar-refractivity contribution in [2.24, 2.45) is 0 Å².